The van der Waals surface area contributed by atoms with Crippen LogP contribution in [-0.4, -0.2) is 16.0 Å². The first kappa shape index (κ1) is 20.1. The van der Waals surface area contributed by atoms with Crippen LogP contribution in [0.5, 0.6) is 0 Å². The maximum absolute atomic E-state index is 13.5. The molecule has 3 aromatic rings. The molecular weight excluding hydrogens is 373 g/mol. The summed E-state index contributed by atoms with van der Waals surface area (Å²) in [5.74, 6) is -0.985. The van der Waals surface area contributed by atoms with Crippen molar-refractivity contribution in [1.29, 1.82) is 0 Å². The first-order valence-electron chi connectivity index (χ1n) is 9.30. The standard InChI is InChI=1S/C22H24NO4P/c1-2-8-21(19-13-7-11-16-9-3-5-12-18(16)19)28(26,27)23-20-14-6-4-10-17(20)15-22(24)25/h3-7,9-14,21H,2,8,15H2,1H3,(H,24,25)(H2,23,26,27). The van der Waals surface area contributed by atoms with Crippen LogP contribution >= 0.6 is 7.52 Å². The zero-order valence-electron chi connectivity index (χ0n) is 15.7. The van der Waals surface area contributed by atoms with Crippen LogP contribution < -0.4 is 5.09 Å². The summed E-state index contributed by atoms with van der Waals surface area (Å²) in [7, 11) is -3.88. The maximum Gasteiger partial charge on any atom is 0.307 e. The molecule has 0 aromatic heterocycles. The van der Waals surface area contributed by atoms with E-state index in [1.807, 2.05) is 49.4 Å². The van der Waals surface area contributed by atoms with Gasteiger partial charge in [0.25, 0.3) is 7.52 Å². The smallest absolute Gasteiger partial charge is 0.307 e. The number of hydrogen-bond acceptors (Lipinski definition) is 2. The lowest BCUT2D eigenvalue weighted by molar-refractivity contribution is -0.136. The molecule has 5 nitrogen and oxygen atoms in total. The molecule has 0 aliphatic rings. The quantitative estimate of drug-likeness (QED) is 0.430. The third kappa shape index (κ3) is 4.44. The molecule has 0 aliphatic heterocycles. The van der Waals surface area contributed by atoms with Gasteiger partial charge in [-0.25, -0.2) is 0 Å². The summed E-state index contributed by atoms with van der Waals surface area (Å²) in [5.41, 5.74) is 1.10. The first-order valence-corrected chi connectivity index (χ1v) is 11.0. The highest BCUT2D eigenvalue weighted by Crippen LogP contribution is 2.58. The SMILES string of the molecule is CCCC(c1cccc2ccccc12)P(=O)(O)Nc1ccccc1CC(=O)O. The number of rotatable bonds is 8. The number of benzene rings is 3. The molecule has 0 saturated carbocycles. The van der Waals surface area contributed by atoms with E-state index in [0.29, 0.717) is 17.7 Å². The number of hydrogen-bond donors (Lipinski definition) is 3. The van der Waals surface area contributed by atoms with E-state index in [4.69, 9.17) is 5.11 Å². The van der Waals surface area contributed by atoms with E-state index in [9.17, 15) is 14.3 Å². The molecule has 146 valence electrons. The number of carbonyl (C=O) groups is 1. The van der Waals surface area contributed by atoms with E-state index in [0.717, 1.165) is 22.8 Å². The molecule has 0 spiro atoms. The Morgan fingerprint density at radius 2 is 1.71 bits per heavy atom. The number of carboxylic acids is 1. The Balaban J connectivity index is 2.02. The summed E-state index contributed by atoms with van der Waals surface area (Å²) in [4.78, 5) is 22.2. The Bertz CT molecular complexity index is 1030. The van der Waals surface area contributed by atoms with Gasteiger partial charge in [0.15, 0.2) is 0 Å². The van der Waals surface area contributed by atoms with Crippen LogP contribution in [0.1, 0.15) is 36.6 Å². The molecule has 6 heteroatoms. The average Bonchev–Trinajstić information content (AvgIpc) is 2.66. The van der Waals surface area contributed by atoms with Crippen LogP contribution in [0.25, 0.3) is 10.8 Å². The maximum atomic E-state index is 13.5. The minimum absolute atomic E-state index is 0.212. The number of fused-ring (bicyclic) bond motifs is 1. The highest BCUT2D eigenvalue weighted by molar-refractivity contribution is 7.60. The number of anilines is 1. The van der Waals surface area contributed by atoms with Crippen molar-refractivity contribution < 1.29 is 19.4 Å². The Labute approximate surface area is 164 Å². The van der Waals surface area contributed by atoms with Gasteiger partial charge in [-0.3, -0.25) is 9.36 Å². The Morgan fingerprint density at radius 1 is 1.04 bits per heavy atom. The van der Waals surface area contributed by atoms with Gasteiger partial charge in [0.1, 0.15) is 0 Å². The summed E-state index contributed by atoms with van der Waals surface area (Å²) in [6, 6.07) is 20.4. The van der Waals surface area contributed by atoms with E-state index in [2.05, 4.69) is 5.09 Å². The van der Waals surface area contributed by atoms with Crippen LogP contribution in [0.15, 0.2) is 66.7 Å². The molecule has 0 saturated heterocycles. The molecule has 0 amide bonds. The lowest BCUT2D eigenvalue weighted by Crippen LogP contribution is -2.10. The van der Waals surface area contributed by atoms with Crippen molar-refractivity contribution in [2.45, 2.75) is 31.8 Å². The summed E-state index contributed by atoms with van der Waals surface area (Å²) in [6.45, 7) is 1.98. The second-order valence-electron chi connectivity index (χ2n) is 6.84. The van der Waals surface area contributed by atoms with Gasteiger partial charge in [-0.15, -0.1) is 0 Å². The van der Waals surface area contributed by atoms with E-state index in [1.165, 1.54) is 0 Å². The topological polar surface area (TPSA) is 86.6 Å². The second-order valence-corrected chi connectivity index (χ2v) is 8.93. The molecular formula is C22H24NO4P. The molecule has 0 heterocycles. The summed E-state index contributed by atoms with van der Waals surface area (Å²) < 4.78 is 13.5. The van der Waals surface area contributed by atoms with Crippen molar-refractivity contribution in [2.75, 3.05) is 5.09 Å². The van der Waals surface area contributed by atoms with Gasteiger partial charge in [0.2, 0.25) is 0 Å². The normalized spacial score (nSPS) is 14.4. The average molecular weight is 397 g/mol. The zero-order chi connectivity index (χ0) is 20.1. The molecule has 0 bridgehead atoms. The highest BCUT2D eigenvalue weighted by Gasteiger charge is 2.33. The Morgan fingerprint density at radius 3 is 2.46 bits per heavy atom. The van der Waals surface area contributed by atoms with Gasteiger partial charge < -0.3 is 15.1 Å². The predicted molar refractivity (Wildman–Crippen MR) is 113 cm³/mol. The number of aliphatic carboxylic acids is 1. The summed E-state index contributed by atoms with van der Waals surface area (Å²) in [5, 5.41) is 13.9. The van der Waals surface area contributed by atoms with Gasteiger partial charge in [-0.05, 0) is 34.4 Å². The van der Waals surface area contributed by atoms with E-state index in [-0.39, 0.29) is 6.42 Å². The molecule has 2 atom stereocenters. The Kier molecular flexibility index (Phi) is 6.18. The zero-order valence-corrected chi connectivity index (χ0v) is 16.6. The van der Waals surface area contributed by atoms with Crippen molar-refractivity contribution in [1.82, 2.24) is 0 Å². The fourth-order valence-electron chi connectivity index (χ4n) is 3.53. The van der Waals surface area contributed by atoms with Crippen molar-refractivity contribution >= 4 is 29.9 Å². The van der Waals surface area contributed by atoms with Gasteiger partial charge in [0.05, 0.1) is 12.1 Å². The van der Waals surface area contributed by atoms with Crippen LogP contribution in [0.2, 0.25) is 0 Å². The predicted octanol–water partition coefficient (Wildman–Crippen LogP) is 5.61. The second kappa shape index (κ2) is 8.59. The molecule has 0 fully saturated rings. The largest absolute Gasteiger partial charge is 0.481 e. The van der Waals surface area contributed by atoms with Crippen LogP contribution in [0, 0.1) is 0 Å². The number of carboxylic acid groups (broad SMARTS) is 1. The van der Waals surface area contributed by atoms with E-state index >= 15 is 0 Å². The fourth-order valence-corrected chi connectivity index (χ4v) is 5.46. The van der Waals surface area contributed by atoms with Gasteiger partial charge >= 0.3 is 5.97 Å². The summed E-state index contributed by atoms with van der Waals surface area (Å²) >= 11 is 0. The molecule has 0 aliphatic carbocycles. The molecule has 3 rings (SSSR count). The fraction of sp³-hybridized carbons (Fsp3) is 0.227. The third-order valence-corrected chi connectivity index (χ3v) is 6.75. The van der Waals surface area contributed by atoms with Crippen molar-refractivity contribution in [3.05, 3.63) is 77.9 Å². The van der Waals surface area contributed by atoms with Gasteiger partial charge in [-0.1, -0.05) is 74.0 Å². The van der Waals surface area contributed by atoms with E-state index < -0.39 is 19.1 Å². The number of para-hydroxylation sites is 1. The summed E-state index contributed by atoms with van der Waals surface area (Å²) in [6.07, 6.45) is 1.07. The number of nitrogens with one attached hydrogen (secondary N) is 1. The van der Waals surface area contributed by atoms with Crippen molar-refractivity contribution in [2.24, 2.45) is 0 Å². The Hall–Kier alpha value is -2.62. The molecule has 28 heavy (non-hydrogen) atoms. The van der Waals surface area contributed by atoms with E-state index in [1.54, 1.807) is 24.3 Å². The lowest BCUT2D eigenvalue weighted by Gasteiger charge is -2.26. The highest BCUT2D eigenvalue weighted by atomic mass is 31.2. The monoisotopic (exact) mass is 397 g/mol. The molecule has 2 unspecified atom stereocenters. The van der Waals surface area contributed by atoms with Gasteiger partial charge in [0, 0.05) is 5.69 Å². The van der Waals surface area contributed by atoms with Gasteiger partial charge in [-0.2, -0.15) is 0 Å². The minimum Gasteiger partial charge on any atom is -0.481 e. The first-order chi connectivity index (χ1) is 13.4. The molecule has 3 aromatic carbocycles. The van der Waals surface area contributed by atoms with Crippen molar-refractivity contribution in [3.63, 3.8) is 0 Å². The lowest BCUT2D eigenvalue weighted by atomic mass is 10.00. The third-order valence-electron chi connectivity index (χ3n) is 4.81. The molecule has 0 radical (unpaired) electrons. The van der Waals surface area contributed by atoms with Crippen molar-refractivity contribution in [3.8, 4) is 0 Å². The van der Waals surface area contributed by atoms with Crippen LogP contribution in [-0.2, 0) is 15.8 Å². The minimum atomic E-state index is -3.88. The molecule has 3 N–H and O–H groups in total. The van der Waals surface area contributed by atoms with Crippen LogP contribution in [0.4, 0.5) is 5.69 Å². The van der Waals surface area contributed by atoms with Crippen LogP contribution in [0.3, 0.4) is 0 Å².